The molecule has 24 heavy (non-hydrogen) atoms. The van der Waals surface area contributed by atoms with E-state index in [4.69, 9.17) is 0 Å². The lowest BCUT2D eigenvalue weighted by Gasteiger charge is -2.35. The smallest absolute Gasteiger partial charge is 0.307 e. The van der Waals surface area contributed by atoms with Gasteiger partial charge in [0.1, 0.15) is 6.54 Å². The van der Waals surface area contributed by atoms with Gasteiger partial charge >= 0.3 is 5.97 Å². The molecule has 1 fully saturated rings. The van der Waals surface area contributed by atoms with Crippen molar-refractivity contribution >= 4 is 47.5 Å². The number of anilines is 1. The number of hydrogen-bond donors (Lipinski definition) is 1. The molecular weight excluding hydrogens is 427 g/mol. The van der Waals surface area contributed by atoms with Crippen LogP contribution in [0, 0.1) is 0 Å². The summed E-state index contributed by atoms with van der Waals surface area (Å²) in [7, 11) is 4.82. The molecule has 1 aliphatic heterocycles. The molecule has 0 bridgehead atoms. The van der Waals surface area contributed by atoms with Gasteiger partial charge in [-0.15, -0.1) is 24.0 Å². The van der Waals surface area contributed by atoms with E-state index in [1.54, 1.807) is 22.8 Å². The highest BCUT2D eigenvalue weighted by Crippen LogP contribution is 2.15. The Labute approximate surface area is 158 Å². The molecule has 1 aliphatic rings. The molecule has 0 spiro atoms. The molecule has 1 aromatic rings. The summed E-state index contributed by atoms with van der Waals surface area (Å²) >= 11 is 0. The van der Waals surface area contributed by atoms with Crippen molar-refractivity contribution in [1.82, 2.24) is 20.0 Å². The SMILES string of the molecule is CN=C(NCCC(=O)OC)N1CCN(c2cnn(C)c2)C(=O)C1.I. The van der Waals surface area contributed by atoms with Crippen molar-refractivity contribution in [3.8, 4) is 0 Å². The van der Waals surface area contributed by atoms with Gasteiger partial charge in [0.15, 0.2) is 5.96 Å². The number of methoxy groups -OCH3 is 1. The number of esters is 1. The molecule has 1 aromatic heterocycles. The maximum absolute atomic E-state index is 12.4. The minimum atomic E-state index is -0.287. The Bertz CT molecular complexity index is 603. The summed E-state index contributed by atoms with van der Waals surface area (Å²) < 4.78 is 6.26. The van der Waals surface area contributed by atoms with E-state index < -0.39 is 0 Å². The summed E-state index contributed by atoms with van der Waals surface area (Å²) in [6, 6.07) is 0. The van der Waals surface area contributed by atoms with E-state index in [-0.39, 0.29) is 48.8 Å². The molecule has 1 saturated heterocycles. The number of piperazine rings is 1. The number of nitrogens with one attached hydrogen (secondary N) is 1. The second-order valence-corrected chi connectivity index (χ2v) is 5.14. The Morgan fingerprint density at radius 2 is 2.21 bits per heavy atom. The summed E-state index contributed by atoms with van der Waals surface area (Å²) in [5.41, 5.74) is 0.797. The Hall–Kier alpha value is -1.85. The molecule has 0 aliphatic carbocycles. The van der Waals surface area contributed by atoms with Gasteiger partial charge in [-0.3, -0.25) is 19.3 Å². The minimum Gasteiger partial charge on any atom is -0.469 e. The average molecular weight is 450 g/mol. The summed E-state index contributed by atoms with van der Waals surface area (Å²) in [6.07, 6.45) is 3.74. The van der Waals surface area contributed by atoms with Crippen LogP contribution < -0.4 is 10.2 Å². The van der Waals surface area contributed by atoms with Crippen LogP contribution >= 0.6 is 24.0 Å². The molecule has 0 saturated carbocycles. The fourth-order valence-corrected chi connectivity index (χ4v) is 2.39. The summed E-state index contributed by atoms with van der Waals surface area (Å²) in [5, 5.41) is 7.16. The number of ether oxygens (including phenoxy) is 1. The molecule has 9 nitrogen and oxygen atoms in total. The van der Waals surface area contributed by atoms with Crippen molar-refractivity contribution < 1.29 is 14.3 Å². The van der Waals surface area contributed by atoms with Crippen LogP contribution in [0.25, 0.3) is 0 Å². The second-order valence-electron chi connectivity index (χ2n) is 5.14. The van der Waals surface area contributed by atoms with Gasteiger partial charge in [-0.1, -0.05) is 0 Å². The van der Waals surface area contributed by atoms with Gasteiger partial charge in [0, 0.05) is 39.9 Å². The zero-order valence-electron chi connectivity index (χ0n) is 14.1. The summed E-state index contributed by atoms with van der Waals surface area (Å²) in [4.78, 5) is 31.2. The standard InChI is InChI=1S/C14H22N6O3.HI/c1-15-14(16-5-4-13(22)23-3)19-6-7-20(12(21)10-19)11-8-17-18(2)9-11;/h8-9H,4-7,10H2,1-3H3,(H,15,16);1H. The van der Waals surface area contributed by atoms with E-state index >= 15 is 0 Å². The first kappa shape index (κ1) is 20.2. The van der Waals surface area contributed by atoms with Crippen LogP contribution in [0.2, 0.25) is 0 Å². The highest BCUT2D eigenvalue weighted by molar-refractivity contribution is 14.0. The van der Waals surface area contributed by atoms with Crippen molar-refractivity contribution in [3.05, 3.63) is 12.4 Å². The Balaban J connectivity index is 0.00000288. The van der Waals surface area contributed by atoms with Crippen LogP contribution in [0.4, 0.5) is 5.69 Å². The normalized spacial score (nSPS) is 15.1. The van der Waals surface area contributed by atoms with E-state index in [2.05, 4.69) is 20.1 Å². The van der Waals surface area contributed by atoms with Gasteiger partial charge in [-0.2, -0.15) is 5.10 Å². The van der Waals surface area contributed by atoms with E-state index in [1.165, 1.54) is 7.11 Å². The van der Waals surface area contributed by atoms with Crippen molar-refractivity contribution in [3.63, 3.8) is 0 Å². The molecule has 0 atom stereocenters. The quantitative estimate of drug-likeness (QED) is 0.297. The largest absolute Gasteiger partial charge is 0.469 e. The number of guanidine groups is 1. The lowest BCUT2D eigenvalue weighted by Crippen LogP contribution is -2.55. The number of amides is 1. The Morgan fingerprint density at radius 3 is 2.75 bits per heavy atom. The molecule has 0 unspecified atom stereocenters. The number of hydrogen-bond acceptors (Lipinski definition) is 5. The van der Waals surface area contributed by atoms with E-state index in [9.17, 15) is 9.59 Å². The highest BCUT2D eigenvalue weighted by atomic mass is 127. The maximum Gasteiger partial charge on any atom is 0.307 e. The van der Waals surface area contributed by atoms with E-state index in [0.717, 1.165) is 5.69 Å². The van der Waals surface area contributed by atoms with Crippen molar-refractivity contribution in [1.29, 1.82) is 0 Å². The highest BCUT2D eigenvalue weighted by Gasteiger charge is 2.27. The van der Waals surface area contributed by atoms with Crippen LogP contribution in [0.15, 0.2) is 17.4 Å². The fourth-order valence-electron chi connectivity index (χ4n) is 2.39. The van der Waals surface area contributed by atoms with Gasteiger partial charge in [0.25, 0.3) is 0 Å². The van der Waals surface area contributed by atoms with Gasteiger partial charge in [0.2, 0.25) is 5.91 Å². The van der Waals surface area contributed by atoms with E-state index in [1.807, 2.05) is 18.1 Å². The van der Waals surface area contributed by atoms with Gasteiger partial charge < -0.3 is 19.9 Å². The number of carbonyl (C=O) groups is 2. The molecule has 1 N–H and O–H groups in total. The van der Waals surface area contributed by atoms with Crippen LogP contribution in [0.5, 0.6) is 0 Å². The van der Waals surface area contributed by atoms with E-state index in [0.29, 0.717) is 25.6 Å². The lowest BCUT2D eigenvalue weighted by molar-refractivity contribution is -0.140. The van der Waals surface area contributed by atoms with Crippen molar-refractivity contribution in [2.75, 3.05) is 45.2 Å². The fraction of sp³-hybridized carbons (Fsp3) is 0.571. The molecule has 134 valence electrons. The minimum absolute atomic E-state index is 0. The van der Waals surface area contributed by atoms with Crippen LogP contribution in [-0.4, -0.2) is 72.9 Å². The third-order valence-electron chi connectivity index (χ3n) is 3.57. The third kappa shape index (κ3) is 5.08. The lowest BCUT2D eigenvalue weighted by atomic mass is 10.3. The first-order valence-corrected chi connectivity index (χ1v) is 7.36. The number of halogens is 1. The van der Waals surface area contributed by atoms with Gasteiger partial charge in [-0.25, -0.2) is 0 Å². The van der Waals surface area contributed by atoms with Crippen LogP contribution in [0.1, 0.15) is 6.42 Å². The number of aliphatic imine (C=N–C) groups is 1. The summed E-state index contributed by atoms with van der Waals surface area (Å²) in [5.74, 6) is 0.304. The van der Waals surface area contributed by atoms with Crippen LogP contribution in [0.3, 0.4) is 0 Å². The Morgan fingerprint density at radius 1 is 1.46 bits per heavy atom. The molecule has 2 rings (SSSR count). The predicted octanol–water partition coefficient (Wildman–Crippen LogP) is -0.175. The number of nitrogens with zero attached hydrogens (tertiary/aromatic N) is 5. The number of rotatable bonds is 4. The molecule has 0 radical (unpaired) electrons. The van der Waals surface area contributed by atoms with Crippen molar-refractivity contribution in [2.24, 2.45) is 12.0 Å². The topological polar surface area (TPSA) is 92.1 Å². The number of carbonyl (C=O) groups excluding carboxylic acids is 2. The zero-order chi connectivity index (χ0) is 16.8. The van der Waals surface area contributed by atoms with Crippen molar-refractivity contribution in [2.45, 2.75) is 6.42 Å². The Kier molecular flexibility index (Phi) is 7.95. The van der Waals surface area contributed by atoms with Gasteiger partial charge in [-0.05, 0) is 0 Å². The third-order valence-corrected chi connectivity index (χ3v) is 3.57. The first-order chi connectivity index (χ1) is 11.0. The first-order valence-electron chi connectivity index (χ1n) is 7.36. The average Bonchev–Trinajstić information content (AvgIpc) is 2.97. The maximum atomic E-state index is 12.4. The summed E-state index contributed by atoms with van der Waals surface area (Å²) in [6.45, 7) is 1.85. The number of aromatic nitrogens is 2. The molecular formula is C14H23IN6O3. The van der Waals surface area contributed by atoms with Gasteiger partial charge in [0.05, 0.1) is 25.4 Å². The monoisotopic (exact) mass is 450 g/mol. The molecule has 2 heterocycles. The molecule has 10 heteroatoms. The number of aryl methyl sites for hydroxylation is 1. The predicted molar refractivity (Wildman–Crippen MR) is 101 cm³/mol. The molecule has 1 amide bonds. The second kappa shape index (κ2) is 9.45. The van der Waals surface area contributed by atoms with Crippen LogP contribution in [-0.2, 0) is 21.4 Å². The molecule has 0 aromatic carbocycles. The zero-order valence-corrected chi connectivity index (χ0v) is 16.4.